The molecule has 0 aliphatic carbocycles. The maximum Gasteiger partial charge on any atom is 0.412 e. The second-order valence-electron chi connectivity index (χ2n) is 7.00. The van der Waals surface area contributed by atoms with Gasteiger partial charge in [0, 0.05) is 24.7 Å². The summed E-state index contributed by atoms with van der Waals surface area (Å²) in [6, 6.07) is 12.3. The molecular formula is C22H25ClN2O5. The van der Waals surface area contributed by atoms with Gasteiger partial charge in [0.2, 0.25) is 6.79 Å². The molecule has 2 aromatic rings. The molecule has 160 valence electrons. The number of pyridine rings is 1. The summed E-state index contributed by atoms with van der Waals surface area (Å²) in [7, 11) is 0. The van der Waals surface area contributed by atoms with Crippen LogP contribution in [0, 0.1) is 0 Å². The first-order chi connectivity index (χ1) is 14.1. The molecule has 2 unspecified atom stereocenters. The molecule has 0 spiro atoms. The van der Waals surface area contributed by atoms with Gasteiger partial charge in [0.25, 0.3) is 0 Å². The number of carbonyl (C=O) groups is 3. The van der Waals surface area contributed by atoms with Crippen LogP contribution < -0.4 is 17.4 Å². The Labute approximate surface area is 181 Å². The Morgan fingerprint density at radius 3 is 2.43 bits per heavy atom. The van der Waals surface area contributed by atoms with Crippen molar-refractivity contribution < 1.29 is 41.2 Å². The molecule has 0 radical (unpaired) electrons. The fourth-order valence-electron chi connectivity index (χ4n) is 3.74. The summed E-state index contributed by atoms with van der Waals surface area (Å²) >= 11 is 0. The Morgan fingerprint density at radius 2 is 1.77 bits per heavy atom. The molecule has 1 fully saturated rings. The van der Waals surface area contributed by atoms with E-state index in [-0.39, 0.29) is 24.2 Å². The summed E-state index contributed by atoms with van der Waals surface area (Å²) in [5.41, 5.74) is 1.24. The van der Waals surface area contributed by atoms with Gasteiger partial charge in [-0.3, -0.25) is 4.79 Å². The molecule has 1 aliphatic heterocycles. The molecule has 0 bridgehead atoms. The van der Waals surface area contributed by atoms with E-state index in [2.05, 4.69) is 4.98 Å². The lowest BCUT2D eigenvalue weighted by Crippen LogP contribution is -3.00. The van der Waals surface area contributed by atoms with Crippen LogP contribution in [-0.2, 0) is 14.3 Å². The number of rotatable bonds is 6. The summed E-state index contributed by atoms with van der Waals surface area (Å²) in [4.78, 5) is 41.5. The molecule has 8 heteroatoms. The molecule has 1 aromatic carbocycles. The van der Waals surface area contributed by atoms with Crippen molar-refractivity contribution in [2.45, 2.75) is 38.1 Å². The van der Waals surface area contributed by atoms with Gasteiger partial charge >= 0.3 is 12.1 Å². The van der Waals surface area contributed by atoms with E-state index in [9.17, 15) is 14.4 Å². The second kappa shape index (κ2) is 11.3. The number of H-pyrrole nitrogens is 1. The maximum absolute atomic E-state index is 12.7. The normalized spacial score (nSPS) is 16.7. The number of likely N-dealkylation sites (tertiary alicyclic amines) is 1. The third kappa shape index (κ3) is 5.79. The number of ketones is 1. The average molecular weight is 433 g/mol. The molecule has 1 saturated heterocycles. The van der Waals surface area contributed by atoms with Gasteiger partial charge in [-0.1, -0.05) is 30.3 Å². The van der Waals surface area contributed by atoms with E-state index < -0.39 is 24.8 Å². The largest absolute Gasteiger partial charge is 1.00 e. The Kier molecular flexibility index (Phi) is 8.80. The van der Waals surface area contributed by atoms with Gasteiger partial charge in [-0.05, 0) is 31.7 Å². The summed E-state index contributed by atoms with van der Waals surface area (Å²) in [6.45, 7) is 1.58. The minimum absolute atomic E-state index is 0. The van der Waals surface area contributed by atoms with E-state index in [1.165, 1.54) is 0 Å². The van der Waals surface area contributed by atoms with Crippen molar-refractivity contribution in [3.63, 3.8) is 0 Å². The van der Waals surface area contributed by atoms with Crippen LogP contribution in [0.15, 0.2) is 54.9 Å². The van der Waals surface area contributed by atoms with Crippen LogP contribution in [-0.4, -0.2) is 42.1 Å². The molecule has 1 amide bonds. The van der Waals surface area contributed by atoms with Crippen molar-refractivity contribution in [3.05, 3.63) is 66.0 Å². The van der Waals surface area contributed by atoms with E-state index in [1.54, 1.807) is 36.4 Å². The molecular weight excluding hydrogens is 408 g/mol. The molecule has 30 heavy (non-hydrogen) atoms. The minimum atomic E-state index is -0.578. The van der Waals surface area contributed by atoms with Crippen molar-refractivity contribution >= 4 is 17.8 Å². The fourth-order valence-corrected chi connectivity index (χ4v) is 3.74. The van der Waals surface area contributed by atoms with Gasteiger partial charge in [0.15, 0.2) is 12.4 Å². The zero-order chi connectivity index (χ0) is 20.6. The van der Waals surface area contributed by atoms with Crippen LogP contribution >= 0.6 is 0 Å². The number of aromatic nitrogens is 1. The number of halogens is 1. The Bertz CT molecular complexity index is 847. The van der Waals surface area contributed by atoms with Crippen LogP contribution in [0.4, 0.5) is 4.79 Å². The molecule has 0 saturated carbocycles. The fraction of sp³-hybridized carbons (Fsp3) is 0.364. The van der Waals surface area contributed by atoms with Crippen LogP contribution in [0.3, 0.4) is 0 Å². The van der Waals surface area contributed by atoms with Crippen molar-refractivity contribution in [2.75, 3.05) is 13.3 Å². The molecule has 7 nitrogen and oxygen atoms in total. The number of ether oxygens (including phenoxy) is 2. The highest BCUT2D eigenvalue weighted by molar-refractivity contribution is 5.89. The molecule has 1 aromatic heterocycles. The van der Waals surface area contributed by atoms with E-state index >= 15 is 0 Å². The number of nitrogens with zero attached hydrogens (tertiary/aromatic N) is 1. The van der Waals surface area contributed by atoms with Crippen molar-refractivity contribution in [3.8, 4) is 0 Å². The van der Waals surface area contributed by atoms with Gasteiger partial charge in [0.1, 0.15) is 5.78 Å². The van der Waals surface area contributed by atoms with E-state index in [0.717, 1.165) is 18.4 Å². The Morgan fingerprint density at radius 1 is 1.07 bits per heavy atom. The molecule has 1 aliphatic rings. The predicted molar refractivity (Wildman–Crippen MR) is 104 cm³/mol. The quantitative estimate of drug-likeness (QED) is 0.473. The lowest BCUT2D eigenvalue weighted by Gasteiger charge is -2.38. The highest BCUT2D eigenvalue weighted by Crippen LogP contribution is 2.31. The van der Waals surface area contributed by atoms with E-state index in [4.69, 9.17) is 9.47 Å². The van der Waals surface area contributed by atoms with Crippen LogP contribution in [0.5, 0.6) is 0 Å². The number of piperidine rings is 1. The topological polar surface area (TPSA) is 87.0 Å². The van der Waals surface area contributed by atoms with Gasteiger partial charge < -0.3 is 26.8 Å². The predicted octanol–water partition coefficient (Wildman–Crippen LogP) is -0.0171. The number of hydrogen-bond donors (Lipinski definition) is 0. The number of benzene rings is 1. The third-order valence-corrected chi connectivity index (χ3v) is 5.09. The number of esters is 1. The summed E-state index contributed by atoms with van der Waals surface area (Å²) < 4.78 is 10.2. The van der Waals surface area contributed by atoms with Crippen LogP contribution in [0.2, 0.25) is 0 Å². The summed E-state index contributed by atoms with van der Waals surface area (Å²) in [6.07, 6.45) is 5.12. The van der Waals surface area contributed by atoms with Gasteiger partial charge in [0.05, 0.1) is 11.5 Å². The first-order valence-corrected chi connectivity index (χ1v) is 9.70. The van der Waals surface area contributed by atoms with Crippen LogP contribution in [0.1, 0.15) is 48.0 Å². The lowest BCUT2D eigenvalue weighted by atomic mass is 9.83. The number of hydrogen-bond acceptors (Lipinski definition) is 5. The second-order valence-corrected chi connectivity index (χ2v) is 7.00. The zero-order valence-electron chi connectivity index (χ0n) is 16.8. The van der Waals surface area contributed by atoms with E-state index in [0.29, 0.717) is 18.5 Å². The SMILES string of the molecule is CC(=O)C(c1ccccc1)C1CCCCN1C(=O)OCOC(=O)c1cc[nH+]cc1.[Cl-]. The molecule has 2 atom stereocenters. The number of Topliss-reactive ketones (excluding diaryl/α,β-unsaturated/α-hetero) is 1. The summed E-state index contributed by atoms with van der Waals surface area (Å²) in [5, 5.41) is 0. The Balaban J connectivity index is 0.00000320. The Hall–Kier alpha value is -2.93. The van der Waals surface area contributed by atoms with Gasteiger partial charge in [-0.25, -0.2) is 14.6 Å². The first-order valence-electron chi connectivity index (χ1n) is 9.70. The van der Waals surface area contributed by atoms with Crippen molar-refractivity contribution in [2.24, 2.45) is 0 Å². The molecule has 1 N–H and O–H groups in total. The number of amides is 1. The van der Waals surface area contributed by atoms with Crippen LogP contribution in [0.25, 0.3) is 0 Å². The highest BCUT2D eigenvalue weighted by atomic mass is 35.5. The monoisotopic (exact) mass is 432 g/mol. The minimum Gasteiger partial charge on any atom is -1.00 e. The van der Waals surface area contributed by atoms with Gasteiger partial charge in [-0.15, -0.1) is 0 Å². The van der Waals surface area contributed by atoms with Crippen molar-refractivity contribution in [1.82, 2.24) is 4.90 Å². The molecule has 2 heterocycles. The first kappa shape index (κ1) is 23.3. The maximum atomic E-state index is 12.7. The highest BCUT2D eigenvalue weighted by Gasteiger charge is 2.37. The number of nitrogens with one attached hydrogen (secondary N) is 1. The number of aromatic amines is 1. The molecule has 3 rings (SSSR count). The van der Waals surface area contributed by atoms with Crippen molar-refractivity contribution in [1.29, 1.82) is 0 Å². The van der Waals surface area contributed by atoms with Gasteiger partial charge in [-0.2, -0.15) is 0 Å². The third-order valence-electron chi connectivity index (χ3n) is 5.09. The summed E-state index contributed by atoms with van der Waals surface area (Å²) in [5.74, 6) is -0.978. The lowest BCUT2D eigenvalue weighted by molar-refractivity contribution is -0.378. The smallest absolute Gasteiger partial charge is 0.412 e. The standard InChI is InChI=1S/C22H24N2O5.ClH/c1-16(25)20(17-7-3-2-4-8-17)19-9-5-6-14-24(19)22(27)29-15-28-21(26)18-10-12-23-13-11-18;/h2-4,7-8,10-13,19-20H,5-6,9,14-15H2,1H3;1H. The average Bonchev–Trinajstić information content (AvgIpc) is 2.75. The zero-order valence-corrected chi connectivity index (χ0v) is 17.5. The van der Waals surface area contributed by atoms with E-state index in [1.807, 2.05) is 30.3 Å². The number of carbonyl (C=O) groups excluding carboxylic acids is 3.